The topological polar surface area (TPSA) is 69.8 Å². The molecule has 0 amide bonds. The quantitative estimate of drug-likeness (QED) is 0.583. The zero-order valence-electron chi connectivity index (χ0n) is 10.0. The summed E-state index contributed by atoms with van der Waals surface area (Å²) in [6.07, 6.45) is 3.30. The molecule has 2 aromatic heterocycles. The molecule has 0 spiro atoms. The fourth-order valence-electron chi connectivity index (χ4n) is 1.42. The molecule has 7 heteroatoms. The molecule has 0 N–H and O–H groups in total. The zero-order valence-corrected chi connectivity index (χ0v) is 10.8. The van der Waals surface area contributed by atoms with Crippen molar-refractivity contribution in [3.8, 4) is 0 Å². The lowest BCUT2D eigenvalue weighted by Gasteiger charge is -2.08. The molecular weight excluding hydrogens is 252 g/mol. The first kappa shape index (κ1) is 12.6. The van der Waals surface area contributed by atoms with E-state index in [1.807, 2.05) is 0 Å². The van der Waals surface area contributed by atoms with Crippen LogP contribution in [0.2, 0.25) is 0 Å². The molecule has 94 valence electrons. The largest absolute Gasteiger partial charge is 0.330 e. The Balaban J connectivity index is 2.26. The predicted octanol–water partition coefficient (Wildman–Crippen LogP) is 0.166. The summed E-state index contributed by atoms with van der Waals surface area (Å²) in [5.74, 6) is 0.478. The second-order valence-corrected chi connectivity index (χ2v) is 4.64. The summed E-state index contributed by atoms with van der Waals surface area (Å²) in [6, 6.07) is 3.19. The molecular formula is C11H12N4O2S. The predicted molar refractivity (Wildman–Crippen MR) is 68.5 cm³/mol. The van der Waals surface area contributed by atoms with Crippen molar-refractivity contribution in [1.82, 2.24) is 19.1 Å². The maximum absolute atomic E-state index is 11.7. The van der Waals surface area contributed by atoms with Crippen molar-refractivity contribution in [2.45, 2.75) is 10.9 Å². The van der Waals surface area contributed by atoms with Gasteiger partial charge in [0.05, 0.1) is 0 Å². The van der Waals surface area contributed by atoms with Crippen LogP contribution in [0.1, 0.15) is 5.69 Å². The van der Waals surface area contributed by atoms with Crippen LogP contribution in [0.5, 0.6) is 0 Å². The van der Waals surface area contributed by atoms with E-state index in [2.05, 4.69) is 9.97 Å². The molecule has 2 rings (SSSR count). The minimum atomic E-state index is -0.327. The molecule has 0 radical (unpaired) electrons. The highest BCUT2D eigenvalue weighted by Crippen LogP contribution is 2.16. The molecule has 6 nitrogen and oxygen atoms in total. The minimum absolute atomic E-state index is 0.303. The highest BCUT2D eigenvalue weighted by Gasteiger charge is 2.06. The third kappa shape index (κ3) is 2.51. The number of hydrogen-bond acceptors (Lipinski definition) is 5. The van der Waals surface area contributed by atoms with Crippen molar-refractivity contribution in [2.24, 2.45) is 14.1 Å². The molecule has 18 heavy (non-hydrogen) atoms. The highest BCUT2D eigenvalue weighted by atomic mass is 32.2. The van der Waals surface area contributed by atoms with Crippen LogP contribution in [-0.4, -0.2) is 19.1 Å². The van der Waals surface area contributed by atoms with Gasteiger partial charge in [-0.25, -0.2) is 14.8 Å². The van der Waals surface area contributed by atoms with Crippen LogP contribution in [0, 0.1) is 0 Å². The normalized spacial score (nSPS) is 10.6. The van der Waals surface area contributed by atoms with E-state index in [4.69, 9.17) is 0 Å². The molecule has 0 aliphatic carbocycles. The lowest BCUT2D eigenvalue weighted by molar-refractivity contribution is 0.665. The smallest absolute Gasteiger partial charge is 0.300 e. The van der Waals surface area contributed by atoms with Crippen molar-refractivity contribution < 1.29 is 0 Å². The first-order chi connectivity index (χ1) is 8.59. The molecule has 0 bridgehead atoms. The monoisotopic (exact) mass is 264 g/mol. The van der Waals surface area contributed by atoms with Gasteiger partial charge in [-0.1, -0.05) is 11.8 Å². The minimum Gasteiger partial charge on any atom is -0.300 e. The molecule has 2 aromatic rings. The van der Waals surface area contributed by atoms with E-state index in [0.29, 0.717) is 16.6 Å². The van der Waals surface area contributed by atoms with E-state index >= 15 is 0 Å². The van der Waals surface area contributed by atoms with Gasteiger partial charge in [0.15, 0.2) is 5.16 Å². The molecule has 2 heterocycles. The van der Waals surface area contributed by atoms with Crippen molar-refractivity contribution in [2.75, 3.05) is 0 Å². The Morgan fingerprint density at radius 1 is 1.17 bits per heavy atom. The summed E-state index contributed by atoms with van der Waals surface area (Å²) in [4.78, 5) is 31.4. The maximum atomic E-state index is 11.7. The van der Waals surface area contributed by atoms with Crippen LogP contribution in [0.15, 0.2) is 39.3 Å². The average molecular weight is 264 g/mol. The summed E-state index contributed by atoms with van der Waals surface area (Å²) in [7, 11) is 3.10. The van der Waals surface area contributed by atoms with Crippen LogP contribution in [0.3, 0.4) is 0 Å². The van der Waals surface area contributed by atoms with Gasteiger partial charge < -0.3 is 0 Å². The van der Waals surface area contributed by atoms with Gasteiger partial charge in [-0.15, -0.1) is 0 Å². The fourth-order valence-corrected chi connectivity index (χ4v) is 2.24. The first-order valence-corrected chi connectivity index (χ1v) is 6.24. The van der Waals surface area contributed by atoms with Gasteiger partial charge in [-0.05, 0) is 6.07 Å². The summed E-state index contributed by atoms with van der Waals surface area (Å²) in [5.41, 5.74) is 0.0234. The summed E-state index contributed by atoms with van der Waals surface area (Å²) < 4.78 is 2.53. The Kier molecular flexibility index (Phi) is 3.61. The standard InChI is InChI=1S/C11H12N4O2S/c1-14-8(6-9(16)15(2)11(14)17)7-18-10-12-4-3-5-13-10/h3-6H,7H2,1-2H3. The number of thioether (sulfide) groups is 1. The Morgan fingerprint density at radius 3 is 2.50 bits per heavy atom. The van der Waals surface area contributed by atoms with E-state index in [-0.39, 0.29) is 11.2 Å². The molecule has 0 saturated heterocycles. The van der Waals surface area contributed by atoms with E-state index in [0.717, 1.165) is 4.57 Å². The molecule has 0 aliphatic rings. The number of nitrogens with zero attached hydrogens (tertiary/aromatic N) is 4. The zero-order chi connectivity index (χ0) is 13.1. The lowest BCUT2D eigenvalue weighted by Crippen LogP contribution is -2.37. The van der Waals surface area contributed by atoms with Crippen molar-refractivity contribution in [1.29, 1.82) is 0 Å². The van der Waals surface area contributed by atoms with Gasteiger partial charge in [0.25, 0.3) is 5.56 Å². The highest BCUT2D eigenvalue weighted by molar-refractivity contribution is 7.98. The van der Waals surface area contributed by atoms with Crippen molar-refractivity contribution in [3.05, 3.63) is 51.1 Å². The van der Waals surface area contributed by atoms with E-state index in [1.54, 1.807) is 25.5 Å². The molecule has 0 fully saturated rings. The Labute approximate surface area is 107 Å². The summed E-state index contributed by atoms with van der Waals surface area (Å²) in [5, 5.41) is 0.616. The number of aromatic nitrogens is 4. The molecule has 0 aliphatic heterocycles. The van der Waals surface area contributed by atoms with Crippen LogP contribution in [0.4, 0.5) is 0 Å². The number of rotatable bonds is 3. The van der Waals surface area contributed by atoms with E-state index in [9.17, 15) is 9.59 Å². The Bertz CT molecular complexity index is 663. The van der Waals surface area contributed by atoms with Gasteiger partial charge >= 0.3 is 5.69 Å². The van der Waals surface area contributed by atoms with E-state index < -0.39 is 0 Å². The summed E-state index contributed by atoms with van der Waals surface area (Å²) in [6.45, 7) is 0. The molecule has 0 saturated carbocycles. The van der Waals surface area contributed by atoms with Crippen LogP contribution in [-0.2, 0) is 19.8 Å². The third-order valence-corrected chi connectivity index (χ3v) is 3.43. The van der Waals surface area contributed by atoms with Crippen LogP contribution in [0.25, 0.3) is 0 Å². The van der Waals surface area contributed by atoms with Gasteiger partial charge in [0.2, 0.25) is 0 Å². The van der Waals surface area contributed by atoms with Gasteiger partial charge in [-0.2, -0.15) is 0 Å². The lowest BCUT2D eigenvalue weighted by atomic mass is 10.4. The van der Waals surface area contributed by atoms with Crippen molar-refractivity contribution in [3.63, 3.8) is 0 Å². The molecule has 0 atom stereocenters. The fraction of sp³-hybridized carbons (Fsp3) is 0.273. The Hall–Kier alpha value is -1.89. The average Bonchev–Trinajstić information content (AvgIpc) is 2.40. The number of hydrogen-bond donors (Lipinski definition) is 0. The first-order valence-electron chi connectivity index (χ1n) is 5.25. The van der Waals surface area contributed by atoms with Gasteiger partial charge in [0.1, 0.15) is 0 Å². The SMILES string of the molecule is Cn1c(CSc2ncccn2)cc(=O)n(C)c1=O. The second kappa shape index (κ2) is 5.18. The maximum Gasteiger partial charge on any atom is 0.330 e. The van der Waals surface area contributed by atoms with Gasteiger partial charge in [0, 0.05) is 44.0 Å². The molecule has 0 aromatic carbocycles. The second-order valence-electron chi connectivity index (χ2n) is 3.69. The Morgan fingerprint density at radius 2 is 1.83 bits per heavy atom. The summed E-state index contributed by atoms with van der Waals surface area (Å²) >= 11 is 1.38. The van der Waals surface area contributed by atoms with Crippen LogP contribution >= 0.6 is 11.8 Å². The van der Waals surface area contributed by atoms with E-state index in [1.165, 1.54) is 29.4 Å². The molecule has 0 unspecified atom stereocenters. The van der Waals surface area contributed by atoms with Crippen LogP contribution < -0.4 is 11.2 Å². The third-order valence-electron chi connectivity index (χ3n) is 2.52. The van der Waals surface area contributed by atoms with Crippen molar-refractivity contribution >= 4 is 11.8 Å². The van der Waals surface area contributed by atoms with Gasteiger partial charge in [-0.3, -0.25) is 13.9 Å².